The minimum Gasteiger partial charge on any atom is -0.357 e. The summed E-state index contributed by atoms with van der Waals surface area (Å²) >= 11 is 6.42. The van der Waals surface area contributed by atoms with Crippen LogP contribution in [-0.2, 0) is 0 Å². The van der Waals surface area contributed by atoms with Gasteiger partial charge in [0, 0.05) is 10.7 Å². The predicted octanol–water partition coefficient (Wildman–Crippen LogP) is 2.35. The Labute approximate surface area is 68.9 Å². The van der Waals surface area contributed by atoms with Crippen molar-refractivity contribution < 1.29 is 4.79 Å². The molecule has 0 radical (unpaired) electrons. The molecule has 4 heteroatoms. The number of halogens is 2. The molecular weight excluding hydrogens is 250 g/mol. The lowest BCUT2D eigenvalue weighted by atomic mass is 10.5. The summed E-state index contributed by atoms with van der Waals surface area (Å²) in [7, 11) is 0. The molecule has 1 aromatic rings. The number of hydrogen-bond donors (Lipinski definition) is 1. The van der Waals surface area contributed by atoms with Gasteiger partial charge in [0.2, 0.25) is 0 Å². The predicted molar refractivity (Wildman–Crippen MR) is 41.6 cm³/mol. The fourth-order valence-electron chi connectivity index (χ4n) is 0.482. The van der Waals surface area contributed by atoms with Crippen LogP contribution in [0, 0.1) is 0 Å². The fraction of sp³-hybridized carbons (Fsp3) is 0. The van der Waals surface area contributed by atoms with Gasteiger partial charge in [-0.1, -0.05) is 0 Å². The van der Waals surface area contributed by atoms with Crippen molar-refractivity contribution in [2.75, 3.05) is 0 Å². The Hall–Kier alpha value is -0.0900. The molecule has 0 spiro atoms. The molecule has 0 atom stereocenters. The smallest absolute Gasteiger partial charge is 0.167 e. The van der Waals surface area contributed by atoms with Crippen molar-refractivity contribution in [3.63, 3.8) is 0 Å². The third kappa shape index (κ3) is 1.24. The van der Waals surface area contributed by atoms with Crippen molar-refractivity contribution in [3.05, 3.63) is 20.8 Å². The molecule has 0 aliphatic rings. The monoisotopic (exact) mass is 251 g/mol. The molecular formula is C5H3Br2NO. The average Bonchev–Trinajstić information content (AvgIpc) is 2.15. The lowest BCUT2D eigenvalue weighted by Gasteiger charge is -1.81. The molecule has 9 heavy (non-hydrogen) atoms. The first-order valence-electron chi connectivity index (χ1n) is 2.23. The zero-order valence-corrected chi connectivity index (χ0v) is 7.49. The fourth-order valence-corrected chi connectivity index (χ4v) is 1.13. The summed E-state index contributed by atoms with van der Waals surface area (Å²) in [4.78, 5) is 12.9. The largest absolute Gasteiger partial charge is 0.357 e. The van der Waals surface area contributed by atoms with Gasteiger partial charge >= 0.3 is 0 Å². The molecule has 0 aromatic carbocycles. The van der Waals surface area contributed by atoms with Crippen molar-refractivity contribution in [2.24, 2.45) is 0 Å². The maximum atomic E-state index is 10.2. The standard InChI is InChI=1S/C5H3Br2NO/c6-3-1-8-4(2-9)5(3)7/h1-2,8H. The lowest BCUT2D eigenvalue weighted by molar-refractivity contribution is 0.111. The third-order valence-corrected chi connectivity index (χ3v) is 2.93. The van der Waals surface area contributed by atoms with E-state index in [0.717, 1.165) is 15.2 Å². The number of hydrogen-bond acceptors (Lipinski definition) is 1. The van der Waals surface area contributed by atoms with E-state index in [0.29, 0.717) is 5.69 Å². The Bertz CT molecular complexity index is 231. The van der Waals surface area contributed by atoms with Crippen LogP contribution >= 0.6 is 31.9 Å². The average molecular weight is 253 g/mol. The molecule has 0 unspecified atom stereocenters. The summed E-state index contributed by atoms with van der Waals surface area (Å²) in [5.74, 6) is 0. The van der Waals surface area contributed by atoms with Gasteiger partial charge in [0.1, 0.15) is 0 Å². The van der Waals surface area contributed by atoms with Crippen molar-refractivity contribution in [3.8, 4) is 0 Å². The van der Waals surface area contributed by atoms with Gasteiger partial charge in [-0.2, -0.15) is 0 Å². The van der Waals surface area contributed by atoms with Crippen LogP contribution in [-0.4, -0.2) is 11.3 Å². The molecule has 2 nitrogen and oxygen atoms in total. The highest BCUT2D eigenvalue weighted by Gasteiger charge is 2.02. The number of H-pyrrole nitrogens is 1. The van der Waals surface area contributed by atoms with Crippen LogP contribution in [0.25, 0.3) is 0 Å². The van der Waals surface area contributed by atoms with Crippen molar-refractivity contribution in [2.45, 2.75) is 0 Å². The quantitative estimate of drug-likeness (QED) is 0.765. The second-order valence-corrected chi connectivity index (χ2v) is 3.13. The van der Waals surface area contributed by atoms with Gasteiger partial charge < -0.3 is 4.98 Å². The van der Waals surface area contributed by atoms with E-state index in [1.54, 1.807) is 6.20 Å². The normalized spacial score (nSPS) is 9.56. The van der Waals surface area contributed by atoms with E-state index in [9.17, 15) is 4.79 Å². The topological polar surface area (TPSA) is 32.9 Å². The van der Waals surface area contributed by atoms with E-state index < -0.39 is 0 Å². The molecule has 1 aromatic heterocycles. The number of rotatable bonds is 1. The highest BCUT2D eigenvalue weighted by molar-refractivity contribution is 9.13. The molecule has 1 heterocycles. The summed E-state index contributed by atoms with van der Waals surface area (Å²) in [5, 5.41) is 0. The number of aromatic amines is 1. The van der Waals surface area contributed by atoms with Gasteiger partial charge in [-0.3, -0.25) is 4.79 Å². The van der Waals surface area contributed by atoms with E-state index in [-0.39, 0.29) is 0 Å². The Kier molecular flexibility index (Phi) is 2.08. The van der Waals surface area contributed by atoms with Gasteiger partial charge in [-0.05, 0) is 31.9 Å². The first-order valence-corrected chi connectivity index (χ1v) is 3.82. The SMILES string of the molecule is O=Cc1[nH]cc(Br)c1Br. The third-order valence-electron chi connectivity index (χ3n) is 0.918. The molecule has 48 valence electrons. The summed E-state index contributed by atoms with van der Waals surface area (Å²) in [6.07, 6.45) is 2.46. The Morgan fingerprint density at radius 1 is 1.56 bits per heavy atom. The Morgan fingerprint density at radius 3 is 2.44 bits per heavy atom. The molecule has 0 saturated heterocycles. The first kappa shape index (κ1) is 7.02. The molecule has 0 bridgehead atoms. The van der Waals surface area contributed by atoms with Crippen LogP contribution in [0.4, 0.5) is 0 Å². The summed E-state index contributed by atoms with van der Waals surface area (Å²) < 4.78 is 1.64. The lowest BCUT2D eigenvalue weighted by Crippen LogP contribution is -1.76. The van der Waals surface area contributed by atoms with Crippen LogP contribution in [0.5, 0.6) is 0 Å². The number of carbonyl (C=O) groups is 1. The minimum absolute atomic E-state index is 0.557. The first-order chi connectivity index (χ1) is 4.25. The zero-order valence-electron chi connectivity index (χ0n) is 4.32. The van der Waals surface area contributed by atoms with Crippen LogP contribution in [0.15, 0.2) is 15.1 Å². The molecule has 0 saturated carbocycles. The van der Waals surface area contributed by atoms with Gasteiger partial charge in [-0.15, -0.1) is 0 Å². The van der Waals surface area contributed by atoms with Gasteiger partial charge in [0.15, 0.2) is 6.29 Å². The molecule has 0 aliphatic carbocycles. The Balaban J connectivity index is 3.18. The van der Waals surface area contributed by atoms with E-state index >= 15 is 0 Å². The van der Waals surface area contributed by atoms with Gasteiger partial charge in [0.25, 0.3) is 0 Å². The highest BCUT2D eigenvalue weighted by atomic mass is 79.9. The summed E-state index contributed by atoms with van der Waals surface area (Å²) in [6.45, 7) is 0. The summed E-state index contributed by atoms with van der Waals surface area (Å²) in [5.41, 5.74) is 0.557. The second-order valence-electron chi connectivity index (χ2n) is 1.48. The maximum Gasteiger partial charge on any atom is 0.167 e. The van der Waals surface area contributed by atoms with Crippen molar-refractivity contribution >= 4 is 38.1 Å². The zero-order chi connectivity index (χ0) is 6.85. The van der Waals surface area contributed by atoms with Gasteiger partial charge in [0.05, 0.1) is 10.2 Å². The second kappa shape index (κ2) is 2.66. The maximum absolute atomic E-state index is 10.2. The van der Waals surface area contributed by atoms with Crippen molar-refractivity contribution in [1.29, 1.82) is 0 Å². The van der Waals surface area contributed by atoms with Crippen LogP contribution in [0.3, 0.4) is 0 Å². The van der Waals surface area contributed by atoms with E-state index in [1.807, 2.05) is 0 Å². The minimum atomic E-state index is 0.557. The number of nitrogens with one attached hydrogen (secondary N) is 1. The number of aromatic nitrogens is 1. The molecule has 0 amide bonds. The molecule has 0 aliphatic heterocycles. The number of carbonyl (C=O) groups excluding carboxylic acids is 1. The number of aldehydes is 1. The van der Waals surface area contributed by atoms with E-state index in [4.69, 9.17) is 0 Å². The van der Waals surface area contributed by atoms with Crippen LogP contribution in [0.1, 0.15) is 10.5 Å². The van der Waals surface area contributed by atoms with Crippen LogP contribution in [0.2, 0.25) is 0 Å². The molecule has 0 fully saturated rings. The Morgan fingerprint density at radius 2 is 2.22 bits per heavy atom. The van der Waals surface area contributed by atoms with Gasteiger partial charge in [-0.25, -0.2) is 0 Å². The van der Waals surface area contributed by atoms with Crippen LogP contribution < -0.4 is 0 Å². The molecule has 1 rings (SSSR count). The van der Waals surface area contributed by atoms with Crippen molar-refractivity contribution in [1.82, 2.24) is 4.98 Å². The molecule has 1 N–H and O–H groups in total. The highest BCUT2D eigenvalue weighted by Crippen LogP contribution is 2.24. The van der Waals surface area contributed by atoms with E-state index in [1.165, 1.54) is 0 Å². The summed E-state index contributed by atoms with van der Waals surface area (Å²) in [6, 6.07) is 0. The van der Waals surface area contributed by atoms with E-state index in [2.05, 4.69) is 36.8 Å².